The van der Waals surface area contributed by atoms with Crippen LogP contribution in [0, 0.1) is 0 Å². The molecule has 5 nitrogen and oxygen atoms in total. The first kappa shape index (κ1) is 16.1. The molecule has 1 aromatic carbocycles. The third kappa shape index (κ3) is 3.86. The lowest BCUT2D eigenvalue weighted by molar-refractivity contribution is -0.275. The molecule has 0 spiro atoms. The first-order valence-electron chi connectivity index (χ1n) is 6.23. The normalized spacial score (nSPS) is 21.2. The Hall–Kier alpha value is -1.32. The quantitative estimate of drug-likeness (QED) is 0.919. The summed E-state index contributed by atoms with van der Waals surface area (Å²) in [6.45, 7) is 0.0163. The van der Waals surface area contributed by atoms with Crippen molar-refractivity contribution in [3.63, 3.8) is 0 Å². The van der Waals surface area contributed by atoms with Gasteiger partial charge in [-0.05, 0) is 25.0 Å². The molecule has 1 aliphatic heterocycles. The average molecular weight is 325 g/mol. The van der Waals surface area contributed by atoms with Crippen molar-refractivity contribution in [3.05, 3.63) is 24.3 Å². The zero-order valence-electron chi connectivity index (χ0n) is 10.9. The van der Waals surface area contributed by atoms with Gasteiger partial charge in [-0.1, -0.05) is 12.1 Å². The van der Waals surface area contributed by atoms with E-state index < -0.39 is 33.1 Å². The van der Waals surface area contributed by atoms with Gasteiger partial charge >= 0.3 is 6.36 Å². The topological polar surface area (TPSA) is 66.8 Å². The maximum atomic E-state index is 12.4. The number of β-amino-alcohol motifs (C(OH)–C–C–N with tert-alkyl or cyclic N) is 1. The molecule has 1 aliphatic rings. The number of alkyl halides is 3. The van der Waals surface area contributed by atoms with Crippen LogP contribution in [0.5, 0.6) is 5.75 Å². The van der Waals surface area contributed by atoms with Crippen molar-refractivity contribution in [2.24, 2.45) is 0 Å². The Morgan fingerprint density at radius 1 is 1.29 bits per heavy atom. The van der Waals surface area contributed by atoms with E-state index in [1.807, 2.05) is 0 Å². The standard InChI is InChI=1S/C12H14F3NO4S/c13-12(14,15)20-10-5-1-2-6-11(10)21(18,19)16-7-3-4-9(17)8-16/h1-2,5-6,9,17H,3-4,7-8H2/t9-/m0/s1. The largest absolute Gasteiger partial charge is 0.573 e. The molecule has 0 amide bonds. The van der Waals surface area contributed by atoms with E-state index in [-0.39, 0.29) is 13.1 Å². The fourth-order valence-electron chi connectivity index (χ4n) is 2.15. The molecular formula is C12H14F3NO4S. The Labute approximate surface area is 120 Å². The molecule has 0 saturated carbocycles. The van der Waals surface area contributed by atoms with E-state index in [0.29, 0.717) is 12.8 Å². The molecule has 0 aromatic heterocycles. The van der Waals surface area contributed by atoms with Crippen LogP contribution in [0.1, 0.15) is 12.8 Å². The lowest BCUT2D eigenvalue weighted by Crippen LogP contribution is -2.42. The first-order chi connectivity index (χ1) is 9.70. The summed E-state index contributed by atoms with van der Waals surface area (Å²) in [5.41, 5.74) is 0. The van der Waals surface area contributed by atoms with E-state index in [1.54, 1.807) is 0 Å². The molecule has 0 aliphatic carbocycles. The molecule has 21 heavy (non-hydrogen) atoms. The fourth-order valence-corrected chi connectivity index (χ4v) is 3.78. The molecular weight excluding hydrogens is 311 g/mol. The van der Waals surface area contributed by atoms with Gasteiger partial charge in [0, 0.05) is 13.1 Å². The van der Waals surface area contributed by atoms with Gasteiger partial charge in [0.05, 0.1) is 6.10 Å². The van der Waals surface area contributed by atoms with Crippen molar-refractivity contribution < 1.29 is 31.4 Å². The molecule has 1 saturated heterocycles. The van der Waals surface area contributed by atoms with E-state index in [2.05, 4.69) is 4.74 Å². The van der Waals surface area contributed by atoms with Gasteiger partial charge in [-0.15, -0.1) is 13.2 Å². The van der Waals surface area contributed by atoms with Gasteiger partial charge in [0.1, 0.15) is 10.6 Å². The summed E-state index contributed by atoms with van der Waals surface area (Å²) in [6, 6.07) is 4.57. The van der Waals surface area contributed by atoms with E-state index in [0.717, 1.165) is 16.4 Å². The molecule has 0 unspecified atom stereocenters. The number of para-hydroxylation sites is 1. The highest BCUT2D eigenvalue weighted by Crippen LogP contribution is 2.32. The van der Waals surface area contributed by atoms with E-state index in [4.69, 9.17) is 0 Å². The van der Waals surface area contributed by atoms with Gasteiger partial charge in [-0.3, -0.25) is 0 Å². The van der Waals surface area contributed by atoms with Crippen LogP contribution in [-0.2, 0) is 10.0 Å². The highest BCUT2D eigenvalue weighted by atomic mass is 32.2. The predicted molar refractivity (Wildman–Crippen MR) is 67.1 cm³/mol. The van der Waals surface area contributed by atoms with Gasteiger partial charge < -0.3 is 9.84 Å². The second kappa shape index (κ2) is 5.82. The fraction of sp³-hybridized carbons (Fsp3) is 0.500. The summed E-state index contributed by atoms with van der Waals surface area (Å²) in [5.74, 6) is -0.773. The monoisotopic (exact) mass is 325 g/mol. The van der Waals surface area contributed by atoms with Crippen molar-refractivity contribution in [3.8, 4) is 5.75 Å². The van der Waals surface area contributed by atoms with Crippen molar-refractivity contribution in [2.75, 3.05) is 13.1 Å². The number of aliphatic hydroxyl groups is 1. The molecule has 1 atom stereocenters. The molecule has 9 heteroatoms. The maximum Gasteiger partial charge on any atom is 0.573 e. The van der Waals surface area contributed by atoms with Crippen molar-refractivity contribution in [2.45, 2.75) is 30.2 Å². The highest BCUT2D eigenvalue weighted by Gasteiger charge is 2.36. The summed E-state index contributed by atoms with van der Waals surface area (Å²) in [6.07, 6.45) is -4.88. The van der Waals surface area contributed by atoms with E-state index >= 15 is 0 Å². The minimum atomic E-state index is -4.98. The number of rotatable bonds is 3. The SMILES string of the molecule is O=S(=O)(c1ccccc1OC(F)(F)F)N1CCC[C@H](O)C1. The predicted octanol–water partition coefficient (Wildman–Crippen LogP) is 1.73. The molecule has 0 radical (unpaired) electrons. The van der Waals surface area contributed by atoms with Gasteiger partial charge in [0.2, 0.25) is 10.0 Å². The zero-order chi connectivity index (χ0) is 15.7. The Kier molecular flexibility index (Phi) is 4.45. The third-order valence-electron chi connectivity index (χ3n) is 3.05. The number of hydrogen-bond acceptors (Lipinski definition) is 4. The average Bonchev–Trinajstić information content (AvgIpc) is 2.37. The second-order valence-corrected chi connectivity index (χ2v) is 6.56. The lowest BCUT2D eigenvalue weighted by atomic mass is 10.1. The van der Waals surface area contributed by atoms with Crippen molar-refractivity contribution in [1.29, 1.82) is 0 Å². The van der Waals surface area contributed by atoms with Crippen LogP contribution in [0.4, 0.5) is 13.2 Å². The number of sulfonamides is 1. The Morgan fingerprint density at radius 2 is 1.95 bits per heavy atom. The van der Waals surface area contributed by atoms with Crippen LogP contribution in [-0.4, -0.2) is 43.4 Å². The summed E-state index contributed by atoms with van der Waals surface area (Å²) in [5, 5.41) is 9.53. The maximum absolute atomic E-state index is 12.4. The molecule has 118 valence electrons. The van der Waals surface area contributed by atoms with Gasteiger partial charge in [-0.2, -0.15) is 4.31 Å². The summed E-state index contributed by atoms with van der Waals surface area (Å²) in [4.78, 5) is -0.559. The minimum absolute atomic E-state index is 0.136. The van der Waals surface area contributed by atoms with Crippen LogP contribution in [0.2, 0.25) is 0 Å². The van der Waals surface area contributed by atoms with Crippen LogP contribution < -0.4 is 4.74 Å². The molecule has 1 aromatic rings. The number of halogens is 3. The summed E-state index contributed by atoms with van der Waals surface area (Å²) >= 11 is 0. The smallest absolute Gasteiger partial charge is 0.404 e. The van der Waals surface area contributed by atoms with E-state index in [9.17, 15) is 26.7 Å². The minimum Gasteiger partial charge on any atom is -0.404 e. The highest BCUT2D eigenvalue weighted by molar-refractivity contribution is 7.89. The first-order valence-corrected chi connectivity index (χ1v) is 7.67. The molecule has 0 bridgehead atoms. The lowest BCUT2D eigenvalue weighted by Gasteiger charge is -2.29. The number of piperidine rings is 1. The molecule has 1 heterocycles. The van der Waals surface area contributed by atoms with E-state index in [1.165, 1.54) is 12.1 Å². The number of aliphatic hydroxyl groups excluding tert-OH is 1. The van der Waals surface area contributed by atoms with Gasteiger partial charge in [0.25, 0.3) is 0 Å². The summed E-state index contributed by atoms with van der Waals surface area (Å²) < 4.78 is 66.6. The third-order valence-corrected chi connectivity index (χ3v) is 4.96. The Morgan fingerprint density at radius 3 is 2.57 bits per heavy atom. The van der Waals surface area contributed by atoms with Crippen LogP contribution in [0.15, 0.2) is 29.2 Å². The molecule has 2 rings (SSSR count). The number of nitrogens with zero attached hydrogens (tertiary/aromatic N) is 1. The Bertz CT molecular complexity index is 603. The zero-order valence-corrected chi connectivity index (χ0v) is 11.7. The van der Waals surface area contributed by atoms with Crippen molar-refractivity contribution >= 4 is 10.0 Å². The van der Waals surface area contributed by atoms with Crippen molar-refractivity contribution in [1.82, 2.24) is 4.31 Å². The van der Waals surface area contributed by atoms with Gasteiger partial charge in [-0.25, -0.2) is 8.42 Å². The summed E-state index contributed by atoms with van der Waals surface area (Å²) in [7, 11) is -4.15. The second-order valence-electron chi connectivity index (χ2n) is 4.65. The van der Waals surface area contributed by atoms with Crippen LogP contribution in [0.25, 0.3) is 0 Å². The molecule has 1 fully saturated rings. The number of benzene rings is 1. The van der Waals surface area contributed by atoms with Crippen LogP contribution >= 0.6 is 0 Å². The Balaban J connectivity index is 2.36. The molecule has 1 N–H and O–H groups in total. The number of ether oxygens (including phenoxy) is 1. The van der Waals surface area contributed by atoms with Crippen LogP contribution in [0.3, 0.4) is 0 Å². The van der Waals surface area contributed by atoms with Gasteiger partial charge in [0.15, 0.2) is 0 Å². The number of hydrogen-bond donors (Lipinski definition) is 1.